The van der Waals surface area contributed by atoms with Gasteiger partial charge in [-0.05, 0) is 12.5 Å². The first-order chi connectivity index (χ1) is 8.27. The minimum absolute atomic E-state index is 0.0663. The van der Waals surface area contributed by atoms with E-state index in [1.54, 1.807) is 12.1 Å². The first-order valence-corrected chi connectivity index (χ1v) is 6.19. The molecule has 94 valence electrons. The molecule has 0 fully saturated rings. The summed E-state index contributed by atoms with van der Waals surface area (Å²) >= 11 is 0. The van der Waals surface area contributed by atoms with Gasteiger partial charge in [-0.2, -0.15) is 0 Å². The summed E-state index contributed by atoms with van der Waals surface area (Å²) in [5, 5.41) is 7.62. The quantitative estimate of drug-likeness (QED) is 0.514. The fraction of sp³-hybridized carbons (Fsp3) is 0.615. The van der Waals surface area contributed by atoms with Crippen molar-refractivity contribution in [2.45, 2.75) is 45.4 Å². The molecule has 0 amide bonds. The van der Waals surface area contributed by atoms with Gasteiger partial charge < -0.3 is 4.74 Å². The van der Waals surface area contributed by atoms with Gasteiger partial charge in [0.15, 0.2) is 5.78 Å². The third kappa shape index (κ3) is 4.93. The van der Waals surface area contributed by atoms with E-state index in [4.69, 9.17) is 4.74 Å². The van der Waals surface area contributed by atoms with Gasteiger partial charge in [-0.15, -0.1) is 10.2 Å². The minimum atomic E-state index is 0.0663. The van der Waals surface area contributed by atoms with E-state index < -0.39 is 0 Å². The number of carbonyl (C=O) groups is 1. The maximum absolute atomic E-state index is 11.7. The molecule has 17 heavy (non-hydrogen) atoms. The van der Waals surface area contributed by atoms with Crippen LogP contribution >= 0.6 is 0 Å². The van der Waals surface area contributed by atoms with Crippen LogP contribution in [-0.4, -0.2) is 23.1 Å². The lowest BCUT2D eigenvalue weighted by Crippen LogP contribution is -2.04. The van der Waals surface area contributed by atoms with Crippen LogP contribution < -0.4 is 4.74 Å². The summed E-state index contributed by atoms with van der Waals surface area (Å²) in [6.45, 7) is 2.18. The van der Waals surface area contributed by atoms with Crippen LogP contribution in [0.2, 0.25) is 0 Å². The Bertz CT molecular complexity index is 336. The molecule has 0 spiro atoms. The number of ether oxygens (including phenoxy) is 1. The second kappa shape index (κ2) is 7.76. The molecule has 0 aromatic carbocycles. The molecule has 0 unspecified atom stereocenters. The average molecular weight is 236 g/mol. The predicted molar refractivity (Wildman–Crippen MR) is 66.3 cm³/mol. The van der Waals surface area contributed by atoms with Crippen molar-refractivity contribution in [1.29, 1.82) is 0 Å². The second-order valence-corrected chi connectivity index (χ2v) is 4.05. The van der Waals surface area contributed by atoms with E-state index in [1.165, 1.54) is 26.4 Å². The van der Waals surface area contributed by atoms with Gasteiger partial charge in [-0.1, -0.05) is 32.6 Å². The molecule has 0 aliphatic rings. The lowest BCUT2D eigenvalue weighted by Gasteiger charge is -2.01. The summed E-state index contributed by atoms with van der Waals surface area (Å²) in [7, 11) is 1.53. The molecule has 0 saturated heterocycles. The SMILES string of the molecule is CCCCCCCC(=O)c1ccc(OC)nn1. The smallest absolute Gasteiger partial charge is 0.233 e. The van der Waals surface area contributed by atoms with Crippen LogP contribution in [0.25, 0.3) is 0 Å². The fourth-order valence-electron chi connectivity index (χ4n) is 1.59. The van der Waals surface area contributed by atoms with Crippen LogP contribution in [0, 0.1) is 0 Å². The van der Waals surface area contributed by atoms with E-state index in [-0.39, 0.29) is 5.78 Å². The monoisotopic (exact) mass is 236 g/mol. The van der Waals surface area contributed by atoms with Gasteiger partial charge in [0.05, 0.1) is 7.11 Å². The molecule has 0 bridgehead atoms. The van der Waals surface area contributed by atoms with E-state index >= 15 is 0 Å². The lowest BCUT2D eigenvalue weighted by atomic mass is 10.1. The number of aromatic nitrogens is 2. The standard InChI is InChI=1S/C13H20N2O2/c1-3-4-5-6-7-8-12(16)11-9-10-13(17-2)15-14-11/h9-10H,3-8H2,1-2H3. The molecule has 0 aliphatic carbocycles. The Morgan fingerprint density at radius 3 is 2.53 bits per heavy atom. The van der Waals surface area contributed by atoms with Gasteiger partial charge in [0, 0.05) is 12.5 Å². The zero-order valence-electron chi connectivity index (χ0n) is 10.6. The van der Waals surface area contributed by atoms with Crippen LogP contribution in [-0.2, 0) is 0 Å². The van der Waals surface area contributed by atoms with Crippen LogP contribution in [0.1, 0.15) is 55.9 Å². The van der Waals surface area contributed by atoms with Crippen molar-refractivity contribution in [2.75, 3.05) is 7.11 Å². The molecular formula is C13H20N2O2. The Balaban J connectivity index is 2.31. The maximum atomic E-state index is 11.7. The third-order valence-electron chi connectivity index (χ3n) is 2.64. The number of carbonyl (C=O) groups excluding carboxylic acids is 1. The van der Waals surface area contributed by atoms with Crippen molar-refractivity contribution < 1.29 is 9.53 Å². The van der Waals surface area contributed by atoms with Crippen molar-refractivity contribution >= 4 is 5.78 Å². The van der Waals surface area contributed by atoms with Crippen molar-refractivity contribution in [3.8, 4) is 5.88 Å². The maximum Gasteiger partial charge on any atom is 0.233 e. The molecule has 4 heteroatoms. The summed E-state index contributed by atoms with van der Waals surface area (Å²) in [4.78, 5) is 11.7. The lowest BCUT2D eigenvalue weighted by molar-refractivity contribution is 0.0973. The molecule has 1 rings (SSSR count). The van der Waals surface area contributed by atoms with E-state index in [1.807, 2.05) is 0 Å². The zero-order chi connectivity index (χ0) is 12.5. The van der Waals surface area contributed by atoms with Gasteiger partial charge in [0.2, 0.25) is 5.88 Å². The number of Topliss-reactive ketones (excluding diaryl/α,β-unsaturated/α-hetero) is 1. The summed E-state index contributed by atoms with van der Waals surface area (Å²) in [5.41, 5.74) is 0.432. The number of nitrogens with zero attached hydrogens (tertiary/aromatic N) is 2. The number of ketones is 1. The molecule has 1 aromatic heterocycles. The largest absolute Gasteiger partial charge is 0.480 e. The number of hydrogen-bond acceptors (Lipinski definition) is 4. The number of hydrogen-bond donors (Lipinski definition) is 0. The Morgan fingerprint density at radius 2 is 1.94 bits per heavy atom. The average Bonchev–Trinajstić information content (AvgIpc) is 2.38. The van der Waals surface area contributed by atoms with E-state index in [0.717, 1.165) is 12.8 Å². The number of rotatable bonds is 8. The number of unbranched alkanes of at least 4 members (excludes halogenated alkanes) is 4. The van der Waals surface area contributed by atoms with Gasteiger partial charge in [-0.25, -0.2) is 0 Å². The third-order valence-corrected chi connectivity index (χ3v) is 2.64. The Hall–Kier alpha value is -1.45. The Morgan fingerprint density at radius 1 is 1.18 bits per heavy atom. The molecule has 0 radical (unpaired) electrons. The Labute approximate surface area is 102 Å². The molecular weight excluding hydrogens is 216 g/mol. The molecule has 0 aliphatic heterocycles. The molecule has 1 aromatic rings. The Kier molecular flexibility index (Phi) is 6.22. The van der Waals surface area contributed by atoms with E-state index in [0.29, 0.717) is 18.0 Å². The molecule has 0 saturated carbocycles. The highest BCUT2D eigenvalue weighted by Crippen LogP contribution is 2.10. The molecule has 1 heterocycles. The number of methoxy groups -OCH3 is 1. The summed E-state index contributed by atoms with van der Waals surface area (Å²) in [6, 6.07) is 3.33. The van der Waals surface area contributed by atoms with Crippen LogP contribution in [0.3, 0.4) is 0 Å². The zero-order valence-corrected chi connectivity index (χ0v) is 10.6. The first kappa shape index (κ1) is 13.6. The van der Waals surface area contributed by atoms with Gasteiger partial charge >= 0.3 is 0 Å². The van der Waals surface area contributed by atoms with Crippen molar-refractivity contribution in [2.24, 2.45) is 0 Å². The minimum Gasteiger partial charge on any atom is -0.480 e. The first-order valence-electron chi connectivity index (χ1n) is 6.19. The van der Waals surface area contributed by atoms with Crippen molar-refractivity contribution in [1.82, 2.24) is 10.2 Å². The van der Waals surface area contributed by atoms with Crippen LogP contribution in [0.5, 0.6) is 5.88 Å². The predicted octanol–water partition coefficient (Wildman–Crippen LogP) is 3.03. The summed E-state index contributed by atoms with van der Waals surface area (Å²) in [6.07, 6.45) is 6.28. The van der Waals surface area contributed by atoms with E-state index in [2.05, 4.69) is 17.1 Å². The highest BCUT2D eigenvalue weighted by atomic mass is 16.5. The van der Waals surface area contributed by atoms with Crippen LogP contribution in [0.15, 0.2) is 12.1 Å². The fourth-order valence-corrected chi connectivity index (χ4v) is 1.59. The molecule has 0 atom stereocenters. The summed E-state index contributed by atoms with van der Waals surface area (Å²) < 4.78 is 4.89. The second-order valence-electron chi connectivity index (χ2n) is 4.05. The van der Waals surface area contributed by atoms with Gasteiger partial charge in [-0.3, -0.25) is 4.79 Å². The molecule has 4 nitrogen and oxygen atoms in total. The van der Waals surface area contributed by atoms with Crippen molar-refractivity contribution in [3.63, 3.8) is 0 Å². The van der Waals surface area contributed by atoms with Crippen molar-refractivity contribution in [3.05, 3.63) is 17.8 Å². The van der Waals surface area contributed by atoms with Gasteiger partial charge in [0.25, 0.3) is 0 Å². The summed E-state index contributed by atoms with van der Waals surface area (Å²) in [5.74, 6) is 0.501. The normalized spacial score (nSPS) is 10.2. The highest BCUT2D eigenvalue weighted by Gasteiger charge is 2.07. The van der Waals surface area contributed by atoms with E-state index in [9.17, 15) is 4.79 Å². The van der Waals surface area contributed by atoms with Crippen LogP contribution in [0.4, 0.5) is 0 Å². The van der Waals surface area contributed by atoms with Gasteiger partial charge in [0.1, 0.15) is 5.69 Å². The topological polar surface area (TPSA) is 52.1 Å². The highest BCUT2D eigenvalue weighted by molar-refractivity contribution is 5.93. The molecule has 0 N–H and O–H groups in total.